The molecule has 3 N–H and O–H groups in total. The first-order chi connectivity index (χ1) is 8.97. The van der Waals surface area contributed by atoms with Gasteiger partial charge in [0.1, 0.15) is 11.0 Å². The van der Waals surface area contributed by atoms with Crippen LogP contribution in [-0.4, -0.2) is 15.9 Å². The van der Waals surface area contributed by atoms with Crippen LogP contribution in [0.2, 0.25) is 5.15 Å². The zero-order valence-electron chi connectivity index (χ0n) is 9.32. The lowest BCUT2D eigenvalue weighted by Gasteiger charge is -2.06. The number of carbonyl (C=O) groups is 1. The number of aromatic nitrogens is 2. The van der Waals surface area contributed by atoms with E-state index < -0.39 is 28.8 Å². The van der Waals surface area contributed by atoms with Crippen molar-refractivity contribution in [3.63, 3.8) is 0 Å². The Morgan fingerprint density at radius 3 is 2.79 bits per heavy atom. The van der Waals surface area contributed by atoms with Gasteiger partial charge >= 0.3 is 0 Å². The van der Waals surface area contributed by atoms with E-state index in [9.17, 15) is 13.6 Å². The number of nitrogen functional groups attached to an aromatic ring is 1. The predicted molar refractivity (Wildman–Crippen MR) is 65.8 cm³/mol. The highest BCUT2D eigenvalue weighted by Gasteiger charge is 2.17. The van der Waals surface area contributed by atoms with Gasteiger partial charge in [0.05, 0.1) is 11.3 Å². The normalized spacial score (nSPS) is 10.3. The first kappa shape index (κ1) is 13.2. The number of hydrogen-bond donors (Lipinski definition) is 2. The van der Waals surface area contributed by atoms with E-state index >= 15 is 0 Å². The molecule has 1 aromatic carbocycles. The number of carbonyl (C=O) groups excluding carboxylic acids is 1. The quantitative estimate of drug-likeness (QED) is 0.654. The zero-order valence-corrected chi connectivity index (χ0v) is 10.1. The van der Waals surface area contributed by atoms with Crippen LogP contribution in [-0.2, 0) is 0 Å². The molecule has 0 radical (unpaired) electrons. The fraction of sp³-hybridized carbons (Fsp3) is 0. The standard InChI is InChI=1S/C11H7ClF2N4O/c12-8-1-2-16-11(17-8)18-10(19)6-3-5(13)4-7(15)9(6)14/h1-4H,15H2,(H,16,17,18,19). The van der Waals surface area contributed by atoms with Crippen LogP contribution in [0.5, 0.6) is 0 Å². The summed E-state index contributed by atoms with van der Waals surface area (Å²) in [6.07, 6.45) is 1.31. The van der Waals surface area contributed by atoms with E-state index in [0.29, 0.717) is 0 Å². The van der Waals surface area contributed by atoms with Gasteiger partial charge in [0.15, 0.2) is 5.82 Å². The molecule has 0 fully saturated rings. The van der Waals surface area contributed by atoms with Crippen molar-refractivity contribution in [3.05, 3.63) is 46.7 Å². The van der Waals surface area contributed by atoms with E-state index in [4.69, 9.17) is 17.3 Å². The molecule has 1 heterocycles. The largest absolute Gasteiger partial charge is 0.396 e. The highest BCUT2D eigenvalue weighted by Crippen LogP contribution is 2.18. The number of rotatable bonds is 2. The van der Waals surface area contributed by atoms with E-state index in [2.05, 4.69) is 15.3 Å². The van der Waals surface area contributed by atoms with Gasteiger partial charge in [0.2, 0.25) is 5.95 Å². The molecule has 0 atom stereocenters. The van der Waals surface area contributed by atoms with Crippen LogP contribution in [0.15, 0.2) is 24.4 Å². The maximum atomic E-state index is 13.6. The lowest BCUT2D eigenvalue weighted by molar-refractivity contribution is 0.102. The van der Waals surface area contributed by atoms with E-state index in [0.717, 1.165) is 12.1 Å². The minimum absolute atomic E-state index is 0.101. The Bertz CT molecular complexity index is 651. The molecule has 2 rings (SSSR count). The highest BCUT2D eigenvalue weighted by molar-refractivity contribution is 6.29. The first-order valence-electron chi connectivity index (χ1n) is 5.02. The Balaban J connectivity index is 2.30. The molecule has 5 nitrogen and oxygen atoms in total. The second-order valence-electron chi connectivity index (χ2n) is 3.51. The number of nitrogens with one attached hydrogen (secondary N) is 1. The predicted octanol–water partition coefficient (Wildman–Crippen LogP) is 2.24. The van der Waals surface area contributed by atoms with Crippen LogP contribution in [0.4, 0.5) is 20.4 Å². The van der Waals surface area contributed by atoms with Gasteiger partial charge in [-0.25, -0.2) is 18.7 Å². The van der Waals surface area contributed by atoms with Gasteiger partial charge in [0.25, 0.3) is 5.91 Å². The summed E-state index contributed by atoms with van der Waals surface area (Å²) in [5.74, 6) is -2.89. The van der Waals surface area contributed by atoms with Gasteiger partial charge in [0, 0.05) is 6.20 Å². The topological polar surface area (TPSA) is 80.9 Å². The van der Waals surface area contributed by atoms with Gasteiger partial charge in [-0.3, -0.25) is 10.1 Å². The van der Waals surface area contributed by atoms with Crippen molar-refractivity contribution in [3.8, 4) is 0 Å². The molecule has 0 spiro atoms. The molecule has 0 saturated carbocycles. The Hall–Kier alpha value is -2.28. The highest BCUT2D eigenvalue weighted by atomic mass is 35.5. The van der Waals surface area contributed by atoms with Gasteiger partial charge in [-0.15, -0.1) is 0 Å². The van der Waals surface area contributed by atoms with Crippen molar-refractivity contribution in [2.45, 2.75) is 0 Å². The lowest BCUT2D eigenvalue weighted by atomic mass is 10.1. The third-order valence-corrected chi connectivity index (χ3v) is 2.37. The molecule has 0 bridgehead atoms. The average Bonchev–Trinajstić information content (AvgIpc) is 2.33. The summed E-state index contributed by atoms with van der Waals surface area (Å²) >= 11 is 5.60. The lowest BCUT2D eigenvalue weighted by Crippen LogP contribution is -2.17. The van der Waals surface area contributed by atoms with Crippen LogP contribution in [0.1, 0.15) is 10.4 Å². The number of hydrogen-bond acceptors (Lipinski definition) is 4. The average molecular weight is 285 g/mol. The van der Waals surface area contributed by atoms with Crippen molar-refractivity contribution in [1.29, 1.82) is 0 Å². The SMILES string of the molecule is Nc1cc(F)cc(C(=O)Nc2nccc(Cl)n2)c1F. The van der Waals surface area contributed by atoms with E-state index in [1.807, 2.05) is 0 Å². The maximum absolute atomic E-state index is 13.6. The molecule has 0 aliphatic rings. The van der Waals surface area contributed by atoms with E-state index in [1.54, 1.807) is 0 Å². The molecular weight excluding hydrogens is 278 g/mol. The van der Waals surface area contributed by atoms with Crippen molar-refractivity contribution in [2.24, 2.45) is 0 Å². The second kappa shape index (κ2) is 5.15. The van der Waals surface area contributed by atoms with Crippen LogP contribution < -0.4 is 11.1 Å². The molecule has 2 aromatic rings. The number of nitrogens with two attached hydrogens (primary N) is 1. The molecule has 8 heteroatoms. The third kappa shape index (κ3) is 2.94. The summed E-state index contributed by atoms with van der Waals surface area (Å²) in [6, 6.07) is 2.91. The van der Waals surface area contributed by atoms with Gasteiger partial charge in [-0.1, -0.05) is 11.6 Å². The number of anilines is 2. The summed E-state index contributed by atoms with van der Waals surface area (Å²) in [7, 11) is 0. The monoisotopic (exact) mass is 284 g/mol. The zero-order chi connectivity index (χ0) is 14.0. The van der Waals surface area contributed by atoms with Crippen molar-refractivity contribution < 1.29 is 13.6 Å². The second-order valence-corrected chi connectivity index (χ2v) is 3.90. The summed E-state index contributed by atoms with van der Waals surface area (Å²) in [5.41, 5.74) is 4.23. The minimum atomic E-state index is -1.01. The molecule has 0 aliphatic carbocycles. The van der Waals surface area contributed by atoms with Crippen LogP contribution in [0.3, 0.4) is 0 Å². The van der Waals surface area contributed by atoms with Gasteiger partial charge < -0.3 is 5.73 Å². The summed E-state index contributed by atoms with van der Waals surface area (Å²) in [6.45, 7) is 0. The Kier molecular flexibility index (Phi) is 3.57. The Morgan fingerprint density at radius 1 is 1.37 bits per heavy atom. The molecule has 0 aliphatic heterocycles. The number of nitrogens with zero attached hydrogens (tertiary/aromatic N) is 2. The van der Waals surface area contributed by atoms with Gasteiger partial charge in [-0.2, -0.15) is 0 Å². The van der Waals surface area contributed by atoms with Crippen molar-refractivity contribution in [1.82, 2.24) is 9.97 Å². The molecule has 19 heavy (non-hydrogen) atoms. The van der Waals surface area contributed by atoms with Crippen LogP contribution >= 0.6 is 11.6 Å². The molecule has 98 valence electrons. The van der Waals surface area contributed by atoms with Gasteiger partial charge in [-0.05, 0) is 18.2 Å². The summed E-state index contributed by atoms with van der Waals surface area (Å²) < 4.78 is 26.7. The minimum Gasteiger partial charge on any atom is -0.396 e. The number of benzene rings is 1. The smallest absolute Gasteiger partial charge is 0.261 e. The summed E-state index contributed by atoms with van der Waals surface area (Å²) in [5, 5.41) is 2.29. The first-order valence-corrected chi connectivity index (χ1v) is 5.39. The number of halogens is 3. The van der Waals surface area contributed by atoms with Crippen molar-refractivity contribution >= 4 is 29.1 Å². The fourth-order valence-corrected chi connectivity index (χ4v) is 1.48. The molecule has 1 aromatic heterocycles. The summed E-state index contributed by atoms with van der Waals surface area (Å²) in [4.78, 5) is 19.1. The van der Waals surface area contributed by atoms with Crippen LogP contribution in [0.25, 0.3) is 0 Å². The van der Waals surface area contributed by atoms with Crippen LogP contribution in [0, 0.1) is 11.6 Å². The molecular formula is C11H7ClF2N4O. The molecule has 0 saturated heterocycles. The van der Waals surface area contributed by atoms with E-state index in [-0.39, 0.29) is 11.1 Å². The Labute approximate surface area is 111 Å². The van der Waals surface area contributed by atoms with Crippen molar-refractivity contribution in [2.75, 3.05) is 11.1 Å². The fourth-order valence-electron chi connectivity index (χ4n) is 1.34. The molecule has 1 amide bonds. The third-order valence-electron chi connectivity index (χ3n) is 2.16. The molecule has 0 unspecified atom stereocenters. The van der Waals surface area contributed by atoms with E-state index in [1.165, 1.54) is 12.3 Å². The number of amides is 1. The Morgan fingerprint density at radius 2 is 2.11 bits per heavy atom. The maximum Gasteiger partial charge on any atom is 0.261 e.